The summed E-state index contributed by atoms with van der Waals surface area (Å²) in [6.45, 7) is 4.43. The summed E-state index contributed by atoms with van der Waals surface area (Å²) in [4.78, 5) is 11.7. The van der Waals surface area contributed by atoms with Crippen molar-refractivity contribution in [2.45, 2.75) is 32.9 Å². The largest absolute Gasteiger partial charge is 0.379 e. The molecule has 1 aromatic heterocycles. The summed E-state index contributed by atoms with van der Waals surface area (Å²) in [5, 5.41) is 10.0. The number of anilines is 1. The molecule has 0 bridgehead atoms. The Kier molecular flexibility index (Phi) is 5.52. The zero-order valence-electron chi connectivity index (χ0n) is 11.9. The molecule has 0 saturated carbocycles. The van der Waals surface area contributed by atoms with Gasteiger partial charge in [-0.2, -0.15) is 0 Å². The van der Waals surface area contributed by atoms with Crippen molar-refractivity contribution in [1.29, 1.82) is 0 Å². The van der Waals surface area contributed by atoms with Crippen LogP contribution in [0.2, 0.25) is 4.34 Å². The van der Waals surface area contributed by atoms with E-state index in [0.717, 1.165) is 16.9 Å². The predicted octanol–water partition coefficient (Wildman–Crippen LogP) is 2.87. The van der Waals surface area contributed by atoms with Gasteiger partial charge in [-0.25, -0.2) is 0 Å². The van der Waals surface area contributed by atoms with Gasteiger partial charge in [-0.05, 0) is 31.5 Å². The Labute approximate surface area is 132 Å². The minimum atomic E-state index is 0.0334. The number of rotatable bonds is 6. The molecule has 112 valence electrons. The molecule has 2 aromatic rings. The zero-order valence-corrected chi connectivity index (χ0v) is 13.5. The van der Waals surface area contributed by atoms with E-state index in [4.69, 9.17) is 11.6 Å². The molecule has 0 fully saturated rings. The molecule has 21 heavy (non-hydrogen) atoms. The Morgan fingerprint density at radius 3 is 2.62 bits per heavy atom. The average Bonchev–Trinajstić information content (AvgIpc) is 2.82. The number of hydrogen-bond acceptors (Lipinski definition) is 5. The third kappa shape index (κ3) is 4.99. The molecule has 0 spiro atoms. The first kappa shape index (κ1) is 15.7. The van der Waals surface area contributed by atoms with Crippen LogP contribution < -0.4 is 10.6 Å². The number of carbonyl (C=O) groups excluding carboxylic acids is 1. The minimum absolute atomic E-state index is 0.0334. The average molecular weight is 325 g/mol. The third-order valence-electron chi connectivity index (χ3n) is 2.74. The Morgan fingerprint density at radius 2 is 2.05 bits per heavy atom. The van der Waals surface area contributed by atoms with Gasteiger partial charge in [0.25, 0.3) is 0 Å². The fraction of sp³-hybridized carbons (Fsp3) is 0.357. The van der Waals surface area contributed by atoms with Crippen molar-refractivity contribution in [3.63, 3.8) is 0 Å². The van der Waals surface area contributed by atoms with E-state index in [2.05, 4.69) is 20.2 Å². The van der Waals surface area contributed by atoms with E-state index in [1.54, 1.807) is 0 Å². The van der Waals surface area contributed by atoms with Crippen LogP contribution in [0.1, 0.15) is 25.1 Å². The van der Waals surface area contributed by atoms with Crippen molar-refractivity contribution in [1.82, 2.24) is 14.9 Å². The molecule has 2 rings (SSSR count). The van der Waals surface area contributed by atoms with Crippen LogP contribution in [0.5, 0.6) is 0 Å². The number of benzene rings is 1. The molecule has 7 heteroatoms. The maximum atomic E-state index is 11.7. The third-order valence-corrected chi connectivity index (χ3v) is 3.72. The highest BCUT2D eigenvalue weighted by Crippen LogP contribution is 2.18. The van der Waals surface area contributed by atoms with Crippen LogP contribution in [0.25, 0.3) is 0 Å². The smallest absolute Gasteiger partial charge is 0.224 e. The van der Waals surface area contributed by atoms with Crippen molar-refractivity contribution in [3.05, 3.63) is 39.9 Å². The molecule has 1 amide bonds. The van der Waals surface area contributed by atoms with Gasteiger partial charge in [0, 0.05) is 23.3 Å². The fourth-order valence-electron chi connectivity index (χ4n) is 1.79. The van der Waals surface area contributed by atoms with Crippen LogP contribution in [0.15, 0.2) is 24.3 Å². The van der Waals surface area contributed by atoms with Crippen LogP contribution in [0, 0.1) is 0 Å². The number of aromatic nitrogens is 2. The van der Waals surface area contributed by atoms with E-state index < -0.39 is 0 Å². The number of carbonyl (C=O) groups is 1. The molecule has 0 aliphatic rings. The molecule has 0 aliphatic heterocycles. The topological polar surface area (TPSA) is 66.9 Å². The van der Waals surface area contributed by atoms with E-state index in [1.165, 1.54) is 11.5 Å². The standard InChI is InChI=1S/C14H17ClN4OS/c1-9(2)17-13(20)7-10-3-5-11(6-4-10)16-8-12-14(15)21-19-18-12/h3-6,9,16H,7-8H2,1-2H3,(H,17,20). The Bertz CT molecular complexity index is 597. The van der Waals surface area contributed by atoms with Crippen molar-refractivity contribution in [3.8, 4) is 0 Å². The lowest BCUT2D eigenvalue weighted by molar-refractivity contribution is -0.120. The molecule has 2 N–H and O–H groups in total. The lowest BCUT2D eigenvalue weighted by Crippen LogP contribution is -2.31. The van der Waals surface area contributed by atoms with Gasteiger partial charge in [0.2, 0.25) is 5.91 Å². The molecule has 5 nitrogen and oxygen atoms in total. The zero-order chi connectivity index (χ0) is 15.2. The number of nitrogens with zero attached hydrogens (tertiary/aromatic N) is 2. The van der Waals surface area contributed by atoms with Gasteiger partial charge in [-0.15, -0.1) is 5.10 Å². The van der Waals surface area contributed by atoms with Crippen LogP contribution in [-0.2, 0) is 17.8 Å². The maximum absolute atomic E-state index is 11.7. The summed E-state index contributed by atoms with van der Waals surface area (Å²) in [7, 11) is 0. The summed E-state index contributed by atoms with van der Waals surface area (Å²) in [5.41, 5.74) is 2.67. The molecule has 0 atom stereocenters. The molecule has 1 heterocycles. The number of hydrogen-bond donors (Lipinski definition) is 2. The van der Waals surface area contributed by atoms with E-state index in [1.807, 2.05) is 38.1 Å². The molecule has 1 aromatic carbocycles. The van der Waals surface area contributed by atoms with Crippen molar-refractivity contribution < 1.29 is 4.79 Å². The van der Waals surface area contributed by atoms with Crippen molar-refractivity contribution in [2.24, 2.45) is 0 Å². The van der Waals surface area contributed by atoms with Crippen LogP contribution >= 0.6 is 23.1 Å². The van der Waals surface area contributed by atoms with Gasteiger partial charge < -0.3 is 10.6 Å². The minimum Gasteiger partial charge on any atom is -0.379 e. The quantitative estimate of drug-likeness (QED) is 0.857. The highest BCUT2D eigenvalue weighted by Gasteiger charge is 2.06. The van der Waals surface area contributed by atoms with Gasteiger partial charge in [0.15, 0.2) is 0 Å². The second kappa shape index (κ2) is 7.38. The van der Waals surface area contributed by atoms with Gasteiger partial charge in [-0.3, -0.25) is 4.79 Å². The summed E-state index contributed by atoms with van der Waals surface area (Å²) < 4.78 is 4.38. The first-order chi connectivity index (χ1) is 10.0. The van der Waals surface area contributed by atoms with E-state index >= 15 is 0 Å². The van der Waals surface area contributed by atoms with Gasteiger partial charge in [-0.1, -0.05) is 28.2 Å². The number of nitrogens with one attached hydrogen (secondary N) is 2. The number of amides is 1. The summed E-state index contributed by atoms with van der Waals surface area (Å²) in [6.07, 6.45) is 0.389. The van der Waals surface area contributed by atoms with Gasteiger partial charge >= 0.3 is 0 Å². The van der Waals surface area contributed by atoms with Crippen LogP contribution in [-0.4, -0.2) is 21.5 Å². The maximum Gasteiger partial charge on any atom is 0.224 e. The first-order valence-corrected chi connectivity index (χ1v) is 7.78. The molecule has 0 radical (unpaired) electrons. The molecule has 0 unspecified atom stereocenters. The molecular weight excluding hydrogens is 308 g/mol. The molecular formula is C14H17ClN4OS. The van der Waals surface area contributed by atoms with Gasteiger partial charge in [0.05, 0.1) is 13.0 Å². The monoisotopic (exact) mass is 324 g/mol. The molecule has 0 aliphatic carbocycles. The van der Waals surface area contributed by atoms with Crippen LogP contribution in [0.3, 0.4) is 0 Å². The van der Waals surface area contributed by atoms with Crippen LogP contribution in [0.4, 0.5) is 5.69 Å². The molecule has 0 saturated heterocycles. The summed E-state index contributed by atoms with van der Waals surface area (Å²) >= 11 is 7.11. The lowest BCUT2D eigenvalue weighted by Gasteiger charge is -2.09. The van der Waals surface area contributed by atoms with Gasteiger partial charge in [0.1, 0.15) is 10.0 Å². The Morgan fingerprint density at radius 1 is 1.33 bits per heavy atom. The van der Waals surface area contributed by atoms with Crippen molar-refractivity contribution in [2.75, 3.05) is 5.32 Å². The normalized spacial score (nSPS) is 10.7. The van der Waals surface area contributed by atoms with E-state index in [-0.39, 0.29) is 11.9 Å². The SMILES string of the molecule is CC(C)NC(=O)Cc1ccc(NCc2nnsc2Cl)cc1. The lowest BCUT2D eigenvalue weighted by atomic mass is 10.1. The fourth-order valence-corrected chi connectivity index (χ4v) is 2.41. The Hall–Kier alpha value is -1.66. The van der Waals surface area contributed by atoms with Crippen molar-refractivity contribution >= 4 is 34.7 Å². The highest BCUT2D eigenvalue weighted by molar-refractivity contribution is 7.10. The Balaban J connectivity index is 1.87. The predicted molar refractivity (Wildman–Crippen MR) is 85.7 cm³/mol. The second-order valence-corrected chi connectivity index (χ2v) is 6.30. The summed E-state index contributed by atoms with van der Waals surface area (Å²) in [5.74, 6) is 0.0334. The first-order valence-electron chi connectivity index (χ1n) is 6.63. The summed E-state index contributed by atoms with van der Waals surface area (Å²) in [6, 6.07) is 7.90. The highest BCUT2D eigenvalue weighted by atomic mass is 35.5. The van der Waals surface area contributed by atoms with E-state index in [0.29, 0.717) is 17.3 Å². The van der Waals surface area contributed by atoms with E-state index in [9.17, 15) is 4.79 Å². The second-order valence-electron chi connectivity index (χ2n) is 4.94. The number of halogens is 1.